The molecule has 32 heavy (non-hydrogen) atoms. The van der Waals surface area contributed by atoms with Gasteiger partial charge in [-0.05, 0) is 49.2 Å². The summed E-state index contributed by atoms with van der Waals surface area (Å²) in [5, 5.41) is 14.2. The number of nitrogens with one attached hydrogen (secondary N) is 4. The lowest BCUT2D eigenvalue weighted by Crippen LogP contribution is -2.11. The van der Waals surface area contributed by atoms with E-state index in [1.54, 1.807) is 18.3 Å². The number of hydrogen-bond donors (Lipinski definition) is 4. The van der Waals surface area contributed by atoms with Gasteiger partial charge in [-0.25, -0.2) is 9.97 Å². The number of hydrogen-bond acceptors (Lipinski definition) is 5. The summed E-state index contributed by atoms with van der Waals surface area (Å²) in [6, 6.07) is 11.5. The SMILES string of the molecule is O=C(Nc1ccc2cn[nH]c2c1)c1ccc2nc(Nc3nccn3C3CCCC3)[nH]c2c1. The van der Waals surface area contributed by atoms with Gasteiger partial charge in [0.1, 0.15) is 0 Å². The van der Waals surface area contributed by atoms with Crippen LogP contribution in [-0.4, -0.2) is 35.6 Å². The Morgan fingerprint density at radius 2 is 2.00 bits per heavy atom. The van der Waals surface area contributed by atoms with Gasteiger partial charge in [0.25, 0.3) is 5.91 Å². The van der Waals surface area contributed by atoms with Crippen LogP contribution in [0.3, 0.4) is 0 Å². The number of amides is 1. The van der Waals surface area contributed by atoms with E-state index in [1.165, 1.54) is 25.7 Å². The van der Waals surface area contributed by atoms with Crippen LogP contribution in [0.1, 0.15) is 42.1 Å². The van der Waals surface area contributed by atoms with Crippen molar-refractivity contribution in [2.24, 2.45) is 0 Å². The highest BCUT2D eigenvalue weighted by atomic mass is 16.1. The molecule has 3 heterocycles. The molecule has 1 aliphatic rings. The van der Waals surface area contributed by atoms with E-state index in [9.17, 15) is 4.79 Å². The number of fused-ring (bicyclic) bond motifs is 2. The summed E-state index contributed by atoms with van der Waals surface area (Å²) < 4.78 is 2.19. The maximum Gasteiger partial charge on any atom is 0.255 e. The summed E-state index contributed by atoms with van der Waals surface area (Å²) in [6.07, 6.45) is 10.4. The summed E-state index contributed by atoms with van der Waals surface area (Å²) in [7, 11) is 0. The quantitative estimate of drug-likeness (QED) is 0.324. The number of nitrogens with zero attached hydrogens (tertiary/aromatic N) is 4. The maximum atomic E-state index is 12.8. The zero-order valence-corrected chi connectivity index (χ0v) is 17.3. The molecule has 4 N–H and O–H groups in total. The summed E-state index contributed by atoms with van der Waals surface area (Å²) >= 11 is 0. The van der Waals surface area contributed by atoms with Gasteiger partial charge in [0, 0.05) is 35.1 Å². The van der Waals surface area contributed by atoms with Gasteiger partial charge in [-0.1, -0.05) is 12.8 Å². The Labute approximate surface area is 183 Å². The normalized spacial score (nSPS) is 14.4. The van der Waals surface area contributed by atoms with Crippen LogP contribution >= 0.6 is 0 Å². The fourth-order valence-electron chi connectivity index (χ4n) is 4.42. The highest BCUT2D eigenvalue weighted by molar-refractivity contribution is 6.06. The topological polar surface area (TPSA) is 116 Å². The smallest absolute Gasteiger partial charge is 0.255 e. The van der Waals surface area contributed by atoms with E-state index in [0.29, 0.717) is 23.2 Å². The highest BCUT2D eigenvalue weighted by Gasteiger charge is 2.20. The minimum Gasteiger partial charge on any atom is -0.324 e. The molecule has 2 aromatic carbocycles. The Balaban J connectivity index is 1.22. The molecule has 0 spiro atoms. The third-order valence-electron chi connectivity index (χ3n) is 6.06. The monoisotopic (exact) mass is 426 g/mol. The molecule has 0 unspecified atom stereocenters. The van der Waals surface area contributed by atoms with Crippen molar-refractivity contribution in [1.82, 2.24) is 29.7 Å². The fourth-order valence-corrected chi connectivity index (χ4v) is 4.42. The summed E-state index contributed by atoms with van der Waals surface area (Å²) in [5.41, 5.74) is 3.69. The second-order valence-electron chi connectivity index (χ2n) is 8.16. The number of aromatic amines is 2. The molecule has 9 nitrogen and oxygen atoms in total. The molecule has 0 aliphatic heterocycles. The number of carbonyl (C=O) groups is 1. The van der Waals surface area contributed by atoms with Gasteiger partial charge in [0.2, 0.25) is 11.9 Å². The molecule has 6 rings (SSSR count). The van der Waals surface area contributed by atoms with E-state index in [0.717, 1.165) is 27.9 Å². The molecule has 1 saturated carbocycles. The first-order valence-electron chi connectivity index (χ1n) is 10.8. The molecule has 5 aromatic rings. The predicted molar refractivity (Wildman–Crippen MR) is 123 cm³/mol. The first-order valence-corrected chi connectivity index (χ1v) is 10.8. The van der Waals surface area contributed by atoms with Gasteiger partial charge in [-0.15, -0.1) is 0 Å². The Bertz CT molecular complexity index is 1420. The van der Waals surface area contributed by atoms with Gasteiger partial charge in [-0.2, -0.15) is 5.10 Å². The van der Waals surface area contributed by atoms with Crippen molar-refractivity contribution in [2.75, 3.05) is 10.6 Å². The number of imidazole rings is 2. The Morgan fingerprint density at radius 1 is 1.09 bits per heavy atom. The van der Waals surface area contributed by atoms with Crippen LogP contribution in [0, 0.1) is 0 Å². The lowest BCUT2D eigenvalue weighted by Gasteiger charge is -2.14. The number of carbonyl (C=O) groups excluding carboxylic acids is 1. The molecular formula is C23H22N8O. The van der Waals surface area contributed by atoms with E-state index >= 15 is 0 Å². The molecule has 9 heteroatoms. The maximum absolute atomic E-state index is 12.8. The van der Waals surface area contributed by atoms with Gasteiger partial charge >= 0.3 is 0 Å². The average Bonchev–Trinajstić information content (AvgIpc) is 3.58. The molecule has 3 aromatic heterocycles. The van der Waals surface area contributed by atoms with Crippen molar-refractivity contribution in [3.05, 3.63) is 60.6 Å². The minimum atomic E-state index is -0.188. The van der Waals surface area contributed by atoms with Crippen LogP contribution in [0.4, 0.5) is 17.6 Å². The second kappa shape index (κ2) is 7.52. The third-order valence-corrected chi connectivity index (χ3v) is 6.06. The Morgan fingerprint density at radius 3 is 2.91 bits per heavy atom. The van der Waals surface area contributed by atoms with E-state index < -0.39 is 0 Å². The lowest BCUT2D eigenvalue weighted by atomic mass is 10.1. The largest absolute Gasteiger partial charge is 0.324 e. The summed E-state index contributed by atoms with van der Waals surface area (Å²) in [4.78, 5) is 25.1. The predicted octanol–water partition coefficient (Wildman–Crippen LogP) is 4.75. The van der Waals surface area contributed by atoms with E-state index in [-0.39, 0.29) is 5.91 Å². The molecule has 0 bridgehead atoms. The van der Waals surface area contributed by atoms with Gasteiger partial charge in [-0.3, -0.25) is 15.2 Å². The van der Waals surface area contributed by atoms with Crippen molar-refractivity contribution >= 4 is 45.4 Å². The molecule has 1 amide bonds. The first kappa shape index (κ1) is 18.6. The van der Waals surface area contributed by atoms with Gasteiger partial charge in [0.15, 0.2) is 0 Å². The molecule has 0 saturated heterocycles. The standard InChI is InChI=1S/C23H22N8O/c32-21(26-16-7-5-15-13-25-30-19(15)12-16)14-6-8-18-20(11-14)28-22(27-18)29-23-24-9-10-31(23)17-3-1-2-4-17/h5-13,17H,1-4H2,(H,25,30)(H,26,32)(H2,24,27,28,29). The number of H-pyrrole nitrogens is 2. The Hall–Kier alpha value is -4.14. The highest BCUT2D eigenvalue weighted by Crippen LogP contribution is 2.32. The molecular weight excluding hydrogens is 404 g/mol. The Kier molecular flexibility index (Phi) is 4.38. The summed E-state index contributed by atoms with van der Waals surface area (Å²) in [5.74, 6) is 1.20. The zero-order chi connectivity index (χ0) is 21.5. The van der Waals surface area contributed by atoms with E-state index in [4.69, 9.17) is 0 Å². The van der Waals surface area contributed by atoms with Crippen LogP contribution in [0.15, 0.2) is 55.0 Å². The van der Waals surface area contributed by atoms with Gasteiger partial charge in [0.05, 0.1) is 22.7 Å². The van der Waals surface area contributed by atoms with Crippen molar-refractivity contribution in [2.45, 2.75) is 31.7 Å². The lowest BCUT2D eigenvalue weighted by molar-refractivity contribution is 0.102. The van der Waals surface area contributed by atoms with Crippen molar-refractivity contribution < 1.29 is 4.79 Å². The number of rotatable bonds is 5. The van der Waals surface area contributed by atoms with Crippen LogP contribution in [-0.2, 0) is 0 Å². The van der Waals surface area contributed by atoms with Gasteiger partial charge < -0.3 is 14.9 Å². The second-order valence-corrected chi connectivity index (χ2v) is 8.16. The number of anilines is 3. The van der Waals surface area contributed by atoms with E-state index in [2.05, 4.69) is 40.3 Å². The molecule has 1 fully saturated rings. The van der Waals surface area contributed by atoms with Crippen molar-refractivity contribution in [1.29, 1.82) is 0 Å². The fraction of sp³-hybridized carbons (Fsp3) is 0.217. The molecule has 0 radical (unpaired) electrons. The zero-order valence-electron chi connectivity index (χ0n) is 17.3. The van der Waals surface area contributed by atoms with Crippen molar-refractivity contribution in [3.8, 4) is 0 Å². The van der Waals surface area contributed by atoms with Crippen LogP contribution < -0.4 is 10.6 Å². The molecule has 160 valence electrons. The molecule has 1 aliphatic carbocycles. The average molecular weight is 426 g/mol. The van der Waals surface area contributed by atoms with Crippen LogP contribution in [0.2, 0.25) is 0 Å². The third kappa shape index (κ3) is 3.37. The number of aromatic nitrogens is 6. The first-order chi connectivity index (χ1) is 15.7. The van der Waals surface area contributed by atoms with Crippen LogP contribution in [0.5, 0.6) is 0 Å². The van der Waals surface area contributed by atoms with E-state index in [1.807, 2.05) is 36.7 Å². The summed E-state index contributed by atoms with van der Waals surface area (Å²) in [6.45, 7) is 0. The number of benzene rings is 2. The molecule has 0 atom stereocenters. The van der Waals surface area contributed by atoms with Crippen molar-refractivity contribution in [3.63, 3.8) is 0 Å². The van der Waals surface area contributed by atoms with Crippen LogP contribution in [0.25, 0.3) is 21.9 Å². The minimum absolute atomic E-state index is 0.188.